The minimum absolute atomic E-state index is 0.0425. The molecule has 3 aromatic heterocycles. The van der Waals surface area contributed by atoms with Gasteiger partial charge in [-0.05, 0) is 38.0 Å². The van der Waals surface area contributed by atoms with Crippen molar-refractivity contribution in [2.24, 2.45) is 10.1 Å². The number of aliphatic imine (C=N–C) groups is 1. The maximum Gasteiger partial charge on any atom is 0.239 e. The lowest BCUT2D eigenvalue weighted by Crippen LogP contribution is -2.45. The van der Waals surface area contributed by atoms with Crippen molar-refractivity contribution in [3.8, 4) is 0 Å². The molecule has 0 bridgehead atoms. The zero-order valence-electron chi connectivity index (χ0n) is 16.7. The van der Waals surface area contributed by atoms with Crippen molar-refractivity contribution in [1.82, 2.24) is 19.5 Å². The third-order valence-electron chi connectivity index (χ3n) is 6.18. The largest absolute Gasteiger partial charge is 0.316 e. The van der Waals surface area contributed by atoms with Gasteiger partial charge in [-0.25, -0.2) is 23.5 Å². The number of nitrogens with one attached hydrogen (secondary N) is 1. The first-order valence-electron chi connectivity index (χ1n) is 10.0. The summed E-state index contributed by atoms with van der Waals surface area (Å²) < 4.78 is 25.2. The van der Waals surface area contributed by atoms with Gasteiger partial charge in [0.25, 0.3) is 0 Å². The van der Waals surface area contributed by atoms with Crippen molar-refractivity contribution in [3.63, 3.8) is 0 Å². The molecule has 0 atom stereocenters. The monoisotopic (exact) mass is 425 g/mol. The van der Waals surface area contributed by atoms with Gasteiger partial charge in [0.15, 0.2) is 0 Å². The van der Waals surface area contributed by atoms with Crippen molar-refractivity contribution in [2.75, 3.05) is 5.32 Å². The van der Waals surface area contributed by atoms with Crippen molar-refractivity contribution >= 4 is 38.5 Å². The van der Waals surface area contributed by atoms with Gasteiger partial charge in [0.2, 0.25) is 16.0 Å². The SMILES string of the molecule is CC1=NCc2cc3cnc(Nc4ccc(S(N)(=O)=O)cn4)nc3n2C12CCCCC2. The predicted molar refractivity (Wildman–Crippen MR) is 114 cm³/mol. The molecule has 4 heterocycles. The molecule has 1 aliphatic carbocycles. The summed E-state index contributed by atoms with van der Waals surface area (Å²) in [5.74, 6) is 0.850. The number of pyridine rings is 1. The number of aromatic nitrogens is 4. The van der Waals surface area contributed by atoms with Gasteiger partial charge in [-0.1, -0.05) is 19.3 Å². The van der Waals surface area contributed by atoms with E-state index in [9.17, 15) is 8.42 Å². The second-order valence-corrected chi connectivity index (χ2v) is 9.55. The molecule has 0 aromatic carbocycles. The van der Waals surface area contributed by atoms with E-state index in [1.807, 2.05) is 0 Å². The lowest BCUT2D eigenvalue weighted by atomic mass is 9.77. The second-order valence-electron chi connectivity index (χ2n) is 7.99. The van der Waals surface area contributed by atoms with E-state index in [2.05, 4.69) is 32.8 Å². The van der Waals surface area contributed by atoms with Crippen LogP contribution in [0.2, 0.25) is 0 Å². The molecule has 2 aliphatic rings. The summed E-state index contributed by atoms with van der Waals surface area (Å²) in [4.78, 5) is 18.1. The summed E-state index contributed by atoms with van der Waals surface area (Å²) in [7, 11) is -3.78. The van der Waals surface area contributed by atoms with E-state index in [0.717, 1.165) is 23.9 Å². The Kier molecular flexibility index (Phi) is 4.37. The minimum Gasteiger partial charge on any atom is -0.316 e. The molecule has 0 amide bonds. The van der Waals surface area contributed by atoms with Gasteiger partial charge in [0, 0.05) is 29.2 Å². The zero-order valence-corrected chi connectivity index (χ0v) is 17.5. The van der Waals surface area contributed by atoms with Gasteiger partial charge in [0.1, 0.15) is 16.4 Å². The number of anilines is 2. The first kappa shape index (κ1) is 19.1. The van der Waals surface area contributed by atoms with E-state index in [1.54, 1.807) is 12.3 Å². The zero-order chi connectivity index (χ0) is 20.9. The number of nitrogens with two attached hydrogens (primary N) is 1. The van der Waals surface area contributed by atoms with E-state index in [0.29, 0.717) is 18.3 Å². The highest BCUT2D eigenvalue weighted by atomic mass is 32.2. The highest BCUT2D eigenvalue weighted by Gasteiger charge is 2.41. The number of hydrogen-bond acceptors (Lipinski definition) is 7. The van der Waals surface area contributed by atoms with Crippen molar-refractivity contribution in [1.29, 1.82) is 0 Å². The Hall–Kier alpha value is -2.85. The topological polar surface area (TPSA) is 128 Å². The molecule has 30 heavy (non-hydrogen) atoms. The lowest BCUT2D eigenvalue weighted by molar-refractivity contribution is 0.274. The summed E-state index contributed by atoms with van der Waals surface area (Å²) in [6, 6.07) is 5.07. The van der Waals surface area contributed by atoms with E-state index >= 15 is 0 Å². The number of fused-ring (bicyclic) bond motifs is 4. The molecular weight excluding hydrogens is 402 g/mol. The molecule has 5 rings (SSSR count). The van der Waals surface area contributed by atoms with E-state index in [-0.39, 0.29) is 10.4 Å². The Balaban J connectivity index is 1.54. The second kappa shape index (κ2) is 6.85. The average Bonchev–Trinajstić information content (AvgIpc) is 3.10. The molecular formula is C20H23N7O2S. The number of primary sulfonamides is 1. The van der Waals surface area contributed by atoms with Crippen LogP contribution < -0.4 is 10.5 Å². The van der Waals surface area contributed by atoms with Crippen LogP contribution in [-0.2, 0) is 22.1 Å². The third-order valence-corrected chi connectivity index (χ3v) is 7.08. The van der Waals surface area contributed by atoms with Crippen LogP contribution in [0.25, 0.3) is 11.0 Å². The molecule has 3 aromatic rings. The molecule has 0 unspecified atom stereocenters. The number of rotatable bonds is 3. The fraction of sp³-hybridized carbons (Fsp3) is 0.400. The molecule has 1 spiro atoms. The summed E-state index contributed by atoms with van der Waals surface area (Å²) in [6.45, 7) is 2.79. The van der Waals surface area contributed by atoms with Gasteiger partial charge in [-0.2, -0.15) is 4.98 Å². The Morgan fingerprint density at radius 3 is 2.63 bits per heavy atom. The highest BCUT2D eigenvalue weighted by molar-refractivity contribution is 7.89. The molecule has 10 heteroatoms. The fourth-order valence-corrected chi connectivity index (χ4v) is 5.12. The van der Waals surface area contributed by atoms with Gasteiger partial charge >= 0.3 is 0 Å². The lowest BCUT2D eigenvalue weighted by Gasteiger charge is -2.42. The van der Waals surface area contributed by atoms with Crippen LogP contribution in [0, 0.1) is 0 Å². The first-order chi connectivity index (χ1) is 14.4. The van der Waals surface area contributed by atoms with Crippen LogP contribution in [0.5, 0.6) is 0 Å². The van der Waals surface area contributed by atoms with Crippen molar-refractivity contribution < 1.29 is 8.42 Å². The number of nitrogens with zero attached hydrogens (tertiary/aromatic N) is 5. The van der Waals surface area contributed by atoms with E-state index < -0.39 is 10.0 Å². The summed E-state index contributed by atoms with van der Waals surface area (Å²) in [5, 5.41) is 9.18. The fourth-order valence-electron chi connectivity index (χ4n) is 4.67. The standard InChI is InChI=1S/C20H23N7O2S/c1-13-20(7-3-2-4-8-20)27-15(11-22-13)9-14-10-24-19(26-18(14)27)25-17-6-5-16(12-23-17)30(21,28)29/h5-6,9-10,12H,2-4,7-8,11H2,1H3,(H2,21,28,29)(H,23,24,25,26). The highest BCUT2D eigenvalue weighted by Crippen LogP contribution is 2.42. The molecule has 1 saturated carbocycles. The summed E-state index contributed by atoms with van der Waals surface area (Å²) in [5.41, 5.74) is 3.13. The summed E-state index contributed by atoms with van der Waals surface area (Å²) >= 11 is 0. The summed E-state index contributed by atoms with van der Waals surface area (Å²) in [6.07, 6.45) is 8.79. The molecule has 0 saturated heterocycles. The Labute approximate surface area is 174 Å². The van der Waals surface area contributed by atoms with Crippen LogP contribution in [0.4, 0.5) is 11.8 Å². The van der Waals surface area contributed by atoms with Gasteiger partial charge in [0.05, 0.1) is 12.1 Å². The normalized spacial score (nSPS) is 18.3. The Morgan fingerprint density at radius 1 is 1.13 bits per heavy atom. The van der Waals surface area contributed by atoms with Gasteiger partial charge in [-0.15, -0.1) is 0 Å². The smallest absolute Gasteiger partial charge is 0.239 e. The molecule has 1 fully saturated rings. The van der Waals surface area contributed by atoms with Crippen LogP contribution in [0.1, 0.15) is 44.7 Å². The van der Waals surface area contributed by atoms with E-state index in [1.165, 1.54) is 42.9 Å². The van der Waals surface area contributed by atoms with Crippen molar-refractivity contribution in [2.45, 2.75) is 56.0 Å². The minimum atomic E-state index is -3.78. The third kappa shape index (κ3) is 3.07. The number of hydrogen-bond donors (Lipinski definition) is 2. The maximum atomic E-state index is 11.4. The molecule has 0 radical (unpaired) electrons. The first-order valence-corrected chi connectivity index (χ1v) is 11.6. The van der Waals surface area contributed by atoms with Crippen LogP contribution in [-0.4, -0.2) is 33.6 Å². The van der Waals surface area contributed by atoms with Crippen LogP contribution >= 0.6 is 0 Å². The molecule has 156 valence electrons. The van der Waals surface area contributed by atoms with Crippen molar-refractivity contribution in [3.05, 3.63) is 36.3 Å². The predicted octanol–water partition coefficient (Wildman–Crippen LogP) is 2.85. The van der Waals surface area contributed by atoms with Crippen LogP contribution in [0.15, 0.2) is 40.5 Å². The molecule has 9 nitrogen and oxygen atoms in total. The van der Waals surface area contributed by atoms with Gasteiger partial charge < -0.3 is 9.88 Å². The van der Waals surface area contributed by atoms with Crippen LogP contribution in [0.3, 0.4) is 0 Å². The maximum absolute atomic E-state index is 11.4. The molecule has 3 N–H and O–H groups in total. The Morgan fingerprint density at radius 2 is 1.93 bits per heavy atom. The quantitative estimate of drug-likeness (QED) is 0.664. The average molecular weight is 426 g/mol. The number of sulfonamides is 1. The van der Waals surface area contributed by atoms with E-state index in [4.69, 9.17) is 15.1 Å². The Bertz CT molecular complexity index is 1260. The molecule has 1 aliphatic heterocycles. The van der Waals surface area contributed by atoms with Gasteiger partial charge in [-0.3, -0.25) is 4.99 Å².